The SMILES string of the molecule is CCCc1nc(CCc2ccc(C)cc2)c(C(=O)O)cc1-c1ccccc1F. The molecule has 2 aromatic carbocycles. The number of halogens is 1. The number of pyridine rings is 1. The van der Waals surface area contributed by atoms with Gasteiger partial charge in [-0.25, -0.2) is 9.18 Å². The minimum atomic E-state index is -1.04. The lowest BCUT2D eigenvalue weighted by molar-refractivity contribution is 0.0695. The molecule has 0 radical (unpaired) electrons. The molecule has 28 heavy (non-hydrogen) atoms. The number of nitrogens with zero attached hydrogens (tertiary/aromatic N) is 1. The molecule has 0 aliphatic carbocycles. The second-order valence-electron chi connectivity index (χ2n) is 7.00. The average Bonchev–Trinajstić information content (AvgIpc) is 2.68. The fourth-order valence-electron chi connectivity index (χ4n) is 3.33. The number of benzene rings is 2. The number of rotatable bonds is 7. The van der Waals surface area contributed by atoms with Crippen LogP contribution in [0.2, 0.25) is 0 Å². The van der Waals surface area contributed by atoms with Crippen molar-refractivity contribution >= 4 is 5.97 Å². The Morgan fingerprint density at radius 2 is 1.68 bits per heavy atom. The van der Waals surface area contributed by atoms with Crippen molar-refractivity contribution in [3.05, 3.63) is 88.5 Å². The minimum Gasteiger partial charge on any atom is -0.478 e. The summed E-state index contributed by atoms with van der Waals surface area (Å²) >= 11 is 0. The van der Waals surface area contributed by atoms with Crippen LogP contribution >= 0.6 is 0 Å². The lowest BCUT2D eigenvalue weighted by Crippen LogP contribution is -2.10. The van der Waals surface area contributed by atoms with Crippen LogP contribution in [0.15, 0.2) is 54.6 Å². The van der Waals surface area contributed by atoms with Crippen LogP contribution in [-0.2, 0) is 19.3 Å². The molecule has 0 atom stereocenters. The standard InChI is InChI=1S/C24H24FNO2/c1-3-6-22-19(18-7-4-5-8-21(18)25)15-20(24(27)28)23(26-22)14-13-17-11-9-16(2)10-12-17/h4-5,7-12,15H,3,6,13-14H2,1-2H3,(H,27,28). The Balaban J connectivity index is 2.02. The monoisotopic (exact) mass is 377 g/mol. The Morgan fingerprint density at radius 1 is 0.964 bits per heavy atom. The molecule has 3 rings (SSSR count). The summed E-state index contributed by atoms with van der Waals surface area (Å²) in [6.45, 7) is 4.07. The molecule has 0 spiro atoms. The highest BCUT2D eigenvalue weighted by Gasteiger charge is 2.19. The van der Waals surface area contributed by atoms with Gasteiger partial charge in [-0.05, 0) is 43.9 Å². The van der Waals surface area contributed by atoms with Crippen molar-refractivity contribution in [1.82, 2.24) is 4.98 Å². The van der Waals surface area contributed by atoms with E-state index in [0.717, 1.165) is 17.7 Å². The molecule has 0 amide bonds. The van der Waals surface area contributed by atoms with E-state index in [9.17, 15) is 14.3 Å². The highest BCUT2D eigenvalue weighted by atomic mass is 19.1. The summed E-state index contributed by atoms with van der Waals surface area (Å²) < 4.78 is 14.4. The fraction of sp³-hybridized carbons (Fsp3) is 0.250. The third kappa shape index (κ3) is 4.45. The largest absolute Gasteiger partial charge is 0.478 e. The molecule has 3 aromatic rings. The topological polar surface area (TPSA) is 50.2 Å². The van der Waals surface area contributed by atoms with Crippen molar-refractivity contribution in [3.8, 4) is 11.1 Å². The Bertz CT molecular complexity index is 980. The first-order valence-corrected chi connectivity index (χ1v) is 9.56. The van der Waals surface area contributed by atoms with Crippen LogP contribution < -0.4 is 0 Å². The van der Waals surface area contributed by atoms with Gasteiger partial charge in [-0.3, -0.25) is 4.98 Å². The number of carboxylic acids is 1. The number of aromatic nitrogens is 1. The first-order valence-electron chi connectivity index (χ1n) is 9.56. The van der Waals surface area contributed by atoms with Gasteiger partial charge in [0.1, 0.15) is 5.82 Å². The summed E-state index contributed by atoms with van der Waals surface area (Å²) in [6, 6.07) is 16.2. The van der Waals surface area contributed by atoms with Crippen molar-refractivity contribution in [3.63, 3.8) is 0 Å². The average molecular weight is 377 g/mol. The van der Waals surface area contributed by atoms with Gasteiger partial charge in [0.25, 0.3) is 0 Å². The van der Waals surface area contributed by atoms with Crippen LogP contribution in [0, 0.1) is 12.7 Å². The van der Waals surface area contributed by atoms with Crippen LogP contribution in [0.25, 0.3) is 11.1 Å². The molecule has 0 bridgehead atoms. The van der Waals surface area contributed by atoms with E-state index in [1.807, 2.05) is 26.0 Å². The van der Waals surface area contributed by atoms with Gasteiger partial charge in [0.2, 0.25) is 0 Å². The summed E-state index contributed by atoms with van der Waals surface area (Å²) in [6.07, 6.45) is 2.75. The molecule has 0 aliphatic heterocycles. The third-order valence-electron chi connectivity index (χ3n) is 4.83. The minimum absolute atomic E-state index is 0.144. The van der Waals surface area contributed by atoms with Gasteiger partial charge in [-0.15, -0.1) is 0 Å². The summed E-state index contributed by atoms with van der Waals surface area (Å²) in [5.41, 5.74) is 4.73. The van der Waals surface area contributed by atoms with Gasteiger partial charge in [-0.1, -0.05) is 61.4 Å². The van der Waals surface area contributed by atoms with Crippen LogP contribution in [0.5, 0.6) is 0 Å². The molecule has 0 fully saturated rings. The Hall–Kier alpha value is -3.01. The first kappa shape index (κ1) is 19.7. The molecular formula is C24H24FNO2. The molecule has 0 aliphatic rings. The van der Waals surface area contributed by atoms with Gasteiger partial charge < -0.3 is 5.11 Å². The zero-order chi connectivity index (χ0) is 20.1. The number of hydrogen-bond acceptors (Lipinski definition) is 2. The van der Waals surface area contributed by atoms with Gasteiger partial charge in [0, 0.05) is 16.8 Å². The zero-order valence-electron chi connectivity index (χ0n) is 16.2. The molecule has 1 heterocycles. The lowest BCUT2D eigenvalue weighted by atomic mass is 9.96. The molecule has 4 heteroatoms. The number of hydrogen-bond donors (Lipinski definition) is 1. The maximum atomic E-state index is 14.4. The van der Waals surface area contributed by atoms with E-state index in [4.69, 9.17) is 0 Å². The van der Waals surface area contributed by atoms with Gasteiger partial charge in [0.05, 0.1) is 11.3 Å². The summed E-state index contributed by atoms with van der Waals surface area (Å²) in [4.78, 5) is 16.6. The van der Waals surface area contributed by atoms with E-state index in [2.05, 4.69) is 17.1 Å². The maximum Gasteiger partial charge on any atom is 0.337 e. The van der Waals surface area contributed by atoms with Crippen LogP contribution in [0.3, 0.4) is 0 Å². The molecule has 1 aromatic heterocycles. The third-order valence-corrected chi connectivity index (χ3v) is 4.83. The normalized spacial score (nSPS) is 10.8. The second kappa shape index (κ2) is 8.79. The number of aromatic carboxylic acids is 1. The number of aryl methyl sites for hydroxylation is 4. The van der Waals surface area contributed by atoms with Gasteiger partial charge >= 0.3 is 5.97 Å². The fourth-order valence-corrected chi connectivity index (χ4v) is 3.33. The van der Waals surface area contributed by atoms with Crippen LogP contribution in [-0.4, -0.2) is 16.1 Å². The molecule has 3 nitrogen and oxygen atoms in total. The highest BCUT2D eigenvalue weighted by Crippen LogP contribution is 2.29. The van der Waals surface area contributed by atoms with Crippen molar-refractivity contribution in [1.29, 1.82) is 0 Å². The zero-order valence-corrected chi connectivity index (χ0v) is 16.2. The molecule has 144 valence electrons. The number of carboxylic acid groups (broad SMARTS) is 1. The van der Waals surface area contributed by atoms with E-state index < -0.39 is 5.97 Å². The Kier molecular flexibility index (Phi) is 6.19. The smallest absolute Gasteiger partial charge is 0.337 e. The highest BCUT2D eigenvalue weighted by molar-refractivity contribution is 5.91. The molecule has 0 unspecified atom stereocenters. The van der Waals surface area contributed by atoms with Crippen LogP contribution in [0.1, 0.15) is 46.2 Å². The molecule has 0 saturated carbocycles. The molecule has 0 saturated heterocycles. The maximum absolute atomic E-state index is 14.4. The molecular weight excluding hydrogens is 353 g/mol. The van der Waals surface area contributed by atoms with E-state index in [0.29, 0.717) is 36.1 Å². The summed E-state index contributed by atoms with van der Waals surface area (Å²) in [5.74, 6) is -1.41. The predicted octanol–water partition coefficient (Wildman–Crippen LogP) is 5.63. The van der Waals surface area contributed by atoms with E-state index in [1.54, 1.807) is 24.3 Å². The summed E-state index contributed by atoms with van der Waals surface area (Å²) in [5, 5.41) is 9.73. The van der Waals surface area contributed by atoms with Gasteiger partial charge in [0.15, 0.2) is 0 Å². The Labute approximate surface area is 164 Å². The van der Waals surface area contributed by atoms with Crippen molar-refractivity contribution < 1.29 is 14.3 Å². The summed E-state index contributed by atoms with van der Waals surface area (Å²) in [7, 11) is 0. The lowest BCUT2D eigenvalue weighted by Gasteiger charge is -2.14. The van der Waals surface area contributed by atoms with Crippen molar-refractivity contribution in [2.24, 2.45) is 0 Å². The van der Waals surface area contributed by atoms with Crippen LogP contribution in [0.4, 0.5) is 4.39 Å². The second-order valence-corrected chi connectivity index (χ2v) is 7.00. The van der Waals surface area contributed by atoms with E-state index in [1.165, 1.54) is 11.6 Å². The number of carbonyl (C=O) groups is 1. The first-order chi connectivity index (χ1) is 13.5. The predicted molar refractivity (Wildman–Crippen MR) is 109 cm³/mol. The van der Waals surface area contributed by atoms with Crippen molar-refractivity contribution in [2.75, 3.05) is 0 Å². The van der Waals surface area contributed by atoms with E-state index in [-0.39, 0.29) is 11.4 Å². The Morgan fingerprint density at radius 3 is 2.32 bits per heavy atom. The van der Waals surface area contributed by atoms with Gasteiger partial charge in [-0.2, -0.15) is 0 Å². The molecule has 1 N–H and O–H groups in total. The van der Waals surface area contributed by atoms with Crippen molar-refractivity contribution in [2.45, 2.75) is 39.5 Å². The quantitative estimate of drug-likeness (QED) is 0.580. The van der Waals surface area contributed by atoms with E-state index >= 15 is 0 Å².